The smallest absolute Gasteiger partial charge is 0.328 e. The van der Waals surface area contributed by atoms with Gasteiger partial charge in [0.25, 0.3) is 11.4 Å². The molecular formula is C42H60N4O12S2. The van der Waals surface area contributed by atoms with Gasteiger partial charge in [0, 0.05) is 59.9 Å². The SMILES string of the molecule is COC(=O)C(Cc1ccc([N+](=O)[O-])cc1)NC(=O)C1(CCCCS(C)(=O)=O)CCCC1.COC(=O)C(Cc1ccc([N+](=O)[O-])cc1)NC(=O)C1(CCCCSC)CCCC1. The molecule has 0 saturated heterocycles. The van der Waals surface area contributed by atoms with Crippen LogP contribution >= 0.6 is 11.8 Å². The number of nitrogens with zero attached hydrogens (tertiary/aromatic N) is 2. The molecule has 2 aromatic carbocycles. The molecule has 0 spiro atoms. The summed E-state index contributed by atoms with van der Waals surface area (Å²) in [6.07, 6.45) is 15.2. The Bertz CT molecular complexity index is 1860. The van der Waals surface area contributed by atoms with Crippen molar-refractivity contribution in [1.29, 1.82) is 0 Å². The van der Waals surface area contributed by atoms with Crippen LogP contribution in [0.3, 0.4) is 0 Å². The van der Waals surface area contributed by atoms with Crippen LogP contribution in [0.2, 0.25) is 0 Å². The molecule has 18 heteroatoms. The second-order valence-corrected chi connectivity index (χ2v) is 19.1. The fourth-order valence-electron chi connectivity index (χ4n) is 8.09. The Hall–Kier alpha value is -4.58. The average molecular weight is 877 g/mol. The molecule has 2 saturated carbocycles. The number of rotatable bonds is 22. The lowest BCUT2D eigenvalue weighted by molar-refractivity contribution is -0.385. The monoisotopic (exact) mass is 876 g/mol. The molecule has 332 valence electrons. The lowest BCUT2D eigenvalue weighted by Crippen LogP contribution is -2.49. The number of carbonyl (C=O) groups is 4. The molecule has 0 radical (unpaired) electrons. The van der Waals surface area contributed by atoms with Crippen molar-refractivity contribution < 1.29 is 46.9 Å². The first-order chi connectivity index (χ1) is 28.5. The molecule has 0 aromatic heterocycles. The minimum Gasteiger partial charge on any atom is -0.467 e. The van der Waals surface area contributed by atoms with Crippen molar-refractivity contribution in [3.8, 4) is 0 Å². The zero-order valence-corrected chi connectivity index (χ0v) is 36.7. The Balaban J connectivity index is 0.000000321. The summed E-state index contributed by atoms with van der Waals surface area (Å²) >= 11 is 1.81. The van der Waals surface area contributed by atoms with E-state index in [4.69, 9.17) is 9.47 Å². The third-order valence-corrected chi connectivity index (χ3v) is 13.2. The van der Waals surface area contributed by atoms with Gasteiger partial charge < -0.3 is 20.1 Å². The van der Waals surface area contributed by atoms with Crippen molar-refractivity contribution in [3.63, 3.8) is 0 Å². The van der Waals surface area contributed by atoms with E-state index in [0.717, 1.165) is 69.1 Å². The number of nitrogens with one attached hydrogen (secondary N) is 2. The highest BCUT2D eigenvalue weighted by Gasteiger charge is 2.43. The maximum absolute atomic E-state index is 13.2. The number of sulfone groups is 1. The fourth-order valence-corrected chi connectivity index (χ4v) is 9.32. The molecule has 4 rings (SSSR count). The van der Waals surface area contributed by atoms with Gasteiger partial charge in [-0.25, -0.2) is 18.0 Å². The van der Waals surface area contributed by atoms with Crippen molar-refractivity contribution in [2.24, 2.45) is 10.8 Å². The lowest BCUT2D eigenvalue weighted by Gasteiger charge is -2.30. The van der Waals surface area contributed by atoms with Gasteiger partial charge in [-0.3, -0.25) is 29.8 Å². The molecule has 0 aliphatic heterocycles. The van der Waals surface area contributed by atoms with Crippen LogP contribution in [0.25, 0.3) is 0 Å². The molecule has 2 aliphatic carbocycles. The van der Waals surface area contributed by atoms with Crippen LogP contribution < -0.4 is 10.6 Å². The van der Waals surface area contributed by atoms with Crippen LogP contribution in [-0.2, 0) is 51.3 Å². The van der Waals surface area contributed by atoms with Gasteiger partial charge in [0.05, 0.1) is 24.1 Å². The Kier molecular flexibility index (Phi) is 19.9. The Morgan fingerprint density at radius 1 is 0.683 bits per heavy atom. The van der Waals surface area contributed by atoms with E-state index < -0.39 is 54.5 Å². The van der Waals surface area contributed by atoms with E-state index in [2.05, 4.69) is 16.9 Å². The van der Waals surface area contributed by atoms with Crippen molar-refractivity contribution >= 4 is 56.7 Å². The number of carbonyl (C=O) groups excluding carboxylic acids is 4. The van der Waals surface area contributed by atoms with E-state index in [0.29, 0.717) is 37.7 Å². The molecule has 2 aliphatic rings. The normalized spacial score (nSPS) is 16.3. The highest BCUT2D eigenvalue weighted by atomic mass is 32.2. The number of unbranched alkanes of at least 4 members (excludes halogenated alkanes) is 2. The topological polar surface area (TPSA) is 231 Å². The molecule has 60 heavy (non-hydrogen) atoms. The number of hydrogen-bond donors (Lipinski definition) is 2. The highest BCUT2D eigenvalue weighted by molar-refractivity contribution is 7.98. The van der Waals surface area contributed by atoms with Crippen LogP contribution in [0.5, 0.6) is 0 Å². The van der Waals surface area contributed by atoms with Crippen LogP contribution in [0, 0.1) is 31.1 Å². The maximum atomic E-state index is 13.2. The number of ether oxygens (including phenoxy) is 2. The zero-order valence-electron chi connectivity index (χ0n) is 35.1. The van der Waals surface area contributed by atoms with E-state index in [1.165, 1.54) is 44.7 Å². The molecule has 0 bridgehead atoms. The highest BCUT2D eigenvalue weighted by Crippen LogP contribution is 2.44. The van der Waals surface area contributed by atoms with E-state index >= 15 is 0 Å². The summed E-state index contributed by atoms with van der Waals surface area (Å²) in [5.74, 6) is -0.208. The quantitative estimate of drug-likeness (QED) is 0.0561. The predicted molar refractivity (Wildman–Crippen MR) is 229 cm³/mol. The van der Waals surface area contributed by atoms with Gasteiger partial charge in [-0.05, 0) is 74.5 Å². The number of nitro groups is 2. The van der Waals surface area contributed by atoms with E-state index in [-0.39, 0.29) is 41.8 Å². The summed E-state index contributed by atoms with van der Waals surface area (Å²) in [6.45, 7) is 0. The van der Waals surface area contributed by atoms with Gasteiger partial charge >= 0.3 is 11.9 Å². The number of nitro benzene ring substituents is 2. The van der Waals surface area contributed by atoms with E-state index in [1.807, 2.05) is 11.8 Å². The van der Waals surface area contributed by atoms with Gasteiger partial charge in [0.2, 0.25) is 11.8 Å². The molecule has 2 aromatic rings. The molecule has 2 fully saturated rings. The molecule has 16 nitrogen and oxygen atoms in total. The number of hydrogen-bond acceptors (Lipinski definition) is 13. The van der Waals surface area contributed by atoms with Crippen LogP contribution in [-0.4, -0.2) is 92.3 Å². The third kappa shape index (κ3) is 15.5. The number of non-ortho nitro benzene ring substituents is 2. The summed E-state index contributed by atoms with van der Waals surface area (Å²) in [6, 6.07) is 10.1. The second kappa shape index (κ2) is 24.0. The Morgan fingerprint density at radius 3 is 1.37 bits per heavy atom. The van der Waals surface area contributed by atoms with Crippen molar-refractivity contribution in [1.82, 2.24) is 10.6 Å². The molecular weight excluding hydrogens is 817 g/mol. The van der Waals surface area contributed by atoms with Crippen LogP contribution in [0.1, 0.15) is 101 Å². The summed E-state index contributed by atoms with van der Waals surface area (Å²) in [7, 11) is -0.500. The number of methoxy groups -OCH3 is 2. The fraction of sp³-hybridized carbons (Fsp3) is 0.619. The van der Waals surface area contributed by atoms with Crippen molar-refractivity contribution in [2.45, 2.75) is 115 Å². The molecule has 2 amide bonds. The third-order valence-electron chi connectivity index (χ3n) is 11.5. The molecule has 2 unspecified atom stereocenters. The summed E-state index contributed by atoms with van der Waals surface area (Å²) in [5.41, 5.74) is 0.310. The number of esters is 2. The van der Waals surface area contributed by atoms with E-state index in [9.17, 15) is 47.8 Å². The average Bonchev–Trinajstić information content (AvgIpc) is 3.92. The number of thioether (sulfide) groups is 1. The van der Waals surface area contributed by atoms with Crippen LogP contribution in [0.15, 0.2) is 48.5 Å². The zero-order chi connectivity index (χ0) is 44.3. The van der Waals surface area contributed by atoms with Crippen molar-refractivity contribution in [3.05, 3.63) is 79.9 Å². The van der Waals surface area contributed by atoms with E-state index in [1.54, 1.807) is 24.3 Å². The minimum absolute atomic E-state index is 0.0115. The molecule has 0 heterocycles. The van der Waals surface area contributed by atoms with Gasteiger partial charge in [-0.2, -0.15) is 11.8 Å². The maximum Gasteiger partial charge on any atom is 0.328 e. The number of benzene rings is 2. The minimum atomic E-state index is -3.04. The van der Waals surface area contributed by atoms with Gasteiger partial charge in [-0.1, -0.05) is 62.8 Å². The van der Waals surface area contributed by atoms with Crippen LogP contribution in [0.4, 0.5) is 11.4 Å². The largest absolute Gasteiger partial charge is 0.467 e. The van der Waals surface area contributed by atoms with Gasteiger partial charge in [0.15, 0.2) is 0 Å². The summed E-state index contributed by atoms with van der Waals surface area (Å²) < 4.78 is 32.5. The Labute approximate surface area is 356 Å². The first-order valence-corrected chi connectivity index (χ1v) is 23.8. The first-order valence-electron chi connectivity index (χ1n) is 20.4. The standard InChI is InChI=1S/C21H30N2O7S.C21H30N2O5S/c1-30-19(24)18(15-16-7-9-17(10-8-16)23(26)27)22-20(25)21(11-3-4-12-21)13-5-6-14-31(2,28)29;1-28-19(24)18(15-16-7-9-17(10-8-16)23(26)27)22-20(25)21(11-3-4-12-21)13-5-6-14-29-2/h7-10,18H,3-6,11-15H2,1-2H3,(H,22,25);7-10,18H,3-6,11-15H2,1-2H3,(H,22,25). The summed E-state index contributed by atoms with van der Waals surface area (Å²) in [4.78, 5) is 71.6. The lowest BCUT2D eigenvalue weighted by atomic mass is 9.80. The summed E-state index contributed by atoms with van der Waals surface area (Å²) in [5, 5.41) is 27.4. The molecule has 2 atom stereocenters. The molecule has 2 N–H and O–H groups in total. The van der Waals surface area contributed by atoms with Gasteiger partial charge in [-0.15, -0.1) is 0 Å². The first kappa shape index (κ1) is 49.8. The van der Waals surface area contributed by atoms with Gasteiger partial charge in [0.1, 0.15) is 21.9 Å². The predicted octanol–water partition coefficient (Wildman–Crippen LogP) is 6.46. The van der Waals surface area contributed by atoms with Crippen molar-refractivity contribution in [2.75, 3.05) is 38.2 Å². The number of amides is 2. The Morgan fingerprint density at radius 2 is 1.05 bits per heavy atom. The second-order valence-electron chi connectivity index (χ2n) is 15.9.